The molecule has 0 aliphatic rings. The second-order valence-corrected chi connectivity index (χ2v) is 4.15. The topological polar surface area (TPSA) is 38.7 Å². The summed E-state index contributed by atoms with van der Waals surface area (Å²) in [6, 6.07) is 3.34. The largest absolute Gasteiger partial charge is 0.497 e. The summed E-state index contributed by atoms with van der Waals surface area (Å²) < 4.78 is 10.2. The summed E-state index contributed by atoms with van der Waals surface area (Å²) in [5, 5.41) is 10.4. The SMILES string of the molecule is COc1cc(Cl)c(C(C)(C)O)c(OC)c1. The molecular weight excluding hydrogens is 216 g/mol. The number of benzene rings is 1. The summed E-state index contributed by atoms with van der Waals surface area (Å²) >= 11 is 6.06. The van der Waals surface area contributed by atoms with Crippen molar-refractivity contribution in [3.05, 3.63) is 22.7 Å². The summed E-state index contributed by atoms with van der Waals surface area (Å²) in [7, 11) is 3.08. The lowest BCUT2D eigenvalue weighted by Gasteiger charge is -2.22. The van der Waals surface area contributed by atoms with Gasteiger partial charge in [0.05, 0.1) is 24.8 Å². The minimum atomic E-state index is -1.05. The van der Waals surface area contributed by atoms with Gasteiger partial charge in [0.2, 0.25) is 0 Å². The van der Waals surface area contributed by atoms with Crippen LogP contribution >= 0.6 is 11.6 Å². The van der Waals surface area contributed by atoms with Crippen LogP contribution in [0.5, 0.6) is 11.5 Å². The van der Waals surface area contributed by atoms with E-state index < -0.39 is 5.60 Å². The van der Waals surface area contributed by atoms with Crippen molar-refractivity contribution in [2.45, 2.75) is 19.4 Å². The molecule has 1 aromatic carbocycles. The predicted molar refractivity (Wildman–Crippen MR) is 59.8 cm³/mol. The highest BCUT2D eigenvalue weighted by Crippen LogP contribution is 2.38. The van der Waals surface area contributed by atoms with Gasteiger partial charge in [-0.2, -0.15) is 0 Å². The van der Waals surface area contributed by atoms with Crippen LogP contribution < -0.4 is 9.47 Å². The Morgan fingerprint density at radius 3 is 2.20 bits per heavy atom. The Morgan fingerprint density at radius 1 is 1.20 bits per heavy atom. The maximum atomic E-state index is 9.94. The highest BCUT2D eigenvalue weighted by Gasteiger charge is 2.25. The molecule has 1 rings (SSSR count). The van der Waals surface area contributed by atoms with Gasteiger partial charge in [0.25, 0.3) is 0 Å². The summed E-state index contributed by atoms with van der Waals surface area (Å²) in [5.74, 6) is 1.12. The van der Waals surface area contributed by atoms with Crippen LogP contribution in [0.4, 0.5) is 0 Å². The third-order valence-electron chi connectivity index (χ3n) is 2.09. The van der Waals surface area contributed by atoms with Crippen molar-refractivity contribution < 1.29 is 14.6 Å². The zero-order valence-electron chi connectivity index (χ0n) is 9.30. The van der Waals surface area contributed by atoms with Crippen molar-refractivity contribution >= 4 is 11.6 Å². The fourth-order valence-electron chi connectivity index (χ4n) is 1.43. The third kappa shape index (κ3) is 2.55. The van der Waals surface area contributed by atoms with Crippen molar-refractivity contribution in [3.8, 4) is 11.5 Å². The van der Waals surface area contributed by atoms with E-state index in [9.17, 15) is 5.11 Å². The van der Waals surface area contributed by atoms with Gasteiger partial charge in [-0.25, -0.2) is 0 Å². The van der Waals surface area contributed by atoms with E-state index in [0.29, 0.717) is 22.1 Å². The molecule has 0 radical (unpaired) electrons. The Kier molecular flexibility index (Phi) is 3.47. The van der Waals surface area contributed by atoms with Crippen LogP contribution in [0.15, 0.2) is 12.1 Å². The molecule has 0 aromatic heterocycles. The molecule has 0 atom stereocenters. The first-order valence-electron chi connectivity index (χ1n) is 4.54. The Morgan fingerprint density at radius 2 is 1.80 bits per heavy atom. The molecule has 4 heteroatoms. The van der Waals surface area contributed by atoms with Crippen LogP contribution in [0, 0.1) is 0 Å². The molecule has 0 saturated carbocycles. The zero-order valence-corrected chi connectivity index (χ0v) is 10.1. The molecule has 0 unspecified atom stereocenters. The van der Waals surface area contributed by atoms with Gasteiger partial charge in [-0.05, 0) is 19.9 Å². The second kappa shape index (κ2) is 4.29. The summed E-state index contributed by atoms with van der Waals surface area (Å²) in [6.45, 7) is 3.31. The summed E-state index contributed by atoms with van der Waals surface area (Å²) in [4.78, 5) is 0. The molecule has 84 valence electrons. The van der Waals surface area contributed by atoms with Crippen LogP contribution in [-0.2, 0) is 5.60 Å². The molecule has 15 heavy (non-hydrogen) atoms. The van der Waals surface area contributed by atoms with E-state index in [1.807, 2.05) is 0 Å². The Balaban J connectivity index is 3.38. The number of aliphatic hydroxyl groups is 1. The van der Waals surface area contributed by atoms with Gasteiger partial charge < -0.3 is 14.6 Å². The molecule has 3 nitrogen and oxygen atoms in total. The lowest BCUT2D eigenvalue weighted by Crippen LogP contribution is -2.17. The molecular formula is C11H15ClO3. The third-order valence-corrected chi connectivity index (χ3v) is 2.39. The molecule has 0 bridgehead atoms. The monoisotopic (exact) mass is 230 g/mol. The number of halogens is 1. The van der Waals surface area contributed by atoms with Gasteiger partial charge in [0.1, 0.15) is 11.5 Å². The van der Waals surface area contributed by atoms with Crippen molar-refractivity contribution in [1.29, 1.82) is 0 Å². The molecule has 1 aromatic rings. The van der Waals surface area contributed by atoms with E-state index >= 15 is 0 Å². The minimum Gasteiger partial charge on any atom is -0.497 e. The van der Waals surface area contributed by atoms with Gasteiger partial charge in [0, 0.05) is 11.6 Å². The predicted octanol–water partition coefficient (Wildman–Crippen LogP) is 2.58. The van der Waals surface area contributed by atoms with Gasteiger partial charge in [-0.3, -0.25) is 0 Å². The van der Waals surface area contributed by atoms with Crippen molar-refractivity contribution in [2.24, 2.45) is 0 Å². The standard InChI is InChI=1S/C11H15ClO3/c1-11(2,13)10-8(12)5-7(14-3)6-9(10)15-4/h5-6,13H,1-4H3. The van der Waals surface area contributed by atoms with Crippen LogP contribution in [0.3, 0.4) is 0 Å². The van der Waals surface area contributed by atoms with E-state index in [1.165, 1.54) is 7.11 Å². The van der Waals surface area contributed by atoms with Crippen LogP contribution in [0.2, 0.25) is 5.02 Å². The highest BCUT2D eigenvalue weighted by atomic mass is 35.5. The normalized spacial score (nSPS) is 11.3. The van der Waals surface area contributed by atoms with E-state index in [0.717, 1.165) is 0 Å². The molecule has 1 N–H and O–H groups in total. The average Bonchev–Trinajstić information content (AvgIpc) is 2.14. The summed E-state index contributed by atoms with van der Waals surface area (Å²) in [6.07, 6.45) is 0. The highest BCUT2D eigenvalue weighted by molar-refractivity contribution is 6.31. The van der Waals surface area contributed by atoms with Crippen LogP contribution in [0.1, 0.15) is 19.4 Å². The van der Waals surface area contributed by atoms with Gasteiger partial charge in [-0.15, -0.1) is 0 Å². The van der Waals surface area contributed by atoms with E-state index in [4.69, 9.17) is 21.1 Å². The summed E-state index contributed by atoms with van der Waals surface area (Å²) in [5.41, 5.74) is -0.484. The lowest BCUT2D eigenvalue weighted by atomic mass is 9.97. The number of methoxy groups -OCH3 is 2. The molecule has 0 saturated heterocycles. The lowest BCUT2D eigenvalue weighted by molar-refractivity contribution is 0.0757. The number of ether oxygens (including phenoxy) is 2. The zero-order chi connectivity index (χ0) is 11.6. The van der Waals surface area contributed by atoms with E-state index in [2.05, 4.69) is 0 Å². The van der Waals surface area contributed by atoms with Crippen molar-refractivity contribution in [3.63, 3.8) is 0 Å². The fourth-order valence-corrected chi connectivity index (χ4v) is 1.86. The molecule has 0 amide bonds. The second-order valence-electron chi connectivity index (χ2n) is 3.75. The van der Waals surface area contributed by atoms with Crippen LogP contribution in [0.25, 0.3) is 0 Å². The minimum absolute atomic E-state index is 0.429. The Hall–Kier alpha value is -0.930. The number of hydrogen-bond acceptors (Lipinski definition) is 3. The van der Waals surface area contributed by atoms with Crippen molar-refractivity contribution in [1.82, 2.24) is 0 Å². The van der Waals surface area contributed by atoms with Crippen LogP contribution in [-0.4, -0.2) is 19.3 Å². The maximum Gasteiger partial charge on any atom is 0.130 e. The fraction of sp³-hybridized carbons (Fsp3) is 0.455. The van der Waals surface area contributed by atoms with E-state index in [1.54, 1.807) is 33.1 Å². The quantitative estimate of drug-likeness (QED) is 0.868. The van der Waals surface area contributed by atoms with Gasteiger partial charge in [-0.1, -0.05) is 11.6 Å². The number of rotatable bonds is 3. The van der Waals surface area contributed by atoms with Gasteiger partial charge >= 0.3 is 0 Å². The first-order chi connectivity index (χ1) is 6.90. The molecule has 0 aliphatic heterocycles. The first-order valence-corrected chi connectivity index (χ1v) is 4.92. The van der Waals surface area contributed by atoms with Crippen molar-refractivity contribution in [2.75, 3.05) is 14.2 Å². The molecule has 0 heterocycles. The Bertz CT molecular complexity index is 356. The molecule has 0 aliphatic carbocycles. The number of hydrogen-bond donors (Lipinski definition) is 1. The first kappa shape index (κ1) is 12.1. The maximum absolute atomic E-state index is 9.94. The average molecular weight is 231 g/mol. The smallest absolute Gasteiger partial charge is 0.130 e. The van der Waals surface area contributed by atoms with Gasteiger partial charge in [0.15, 0.2) is 0 Å². The Labute approximate surface area is 94.6 Å². The molecule has 0 spiro atoms. The molecule has 0 fully saturated rings. The van der Waals surface area contributed by atoms with E-state index in [-0.39, 0.29) is 0 Å².